The van der Waals surface area contributed by atoms with Crippen LogP contribution in [0, 0.1) is 0 Å². The van der Waals surface area contributed by atoms with Crippen LogP contribution >= 0.6 is 0 Å². The molecule has 1 aromatic carbocycles. The van der Waals surface area contributed by atoms with Gasteiger partial charge in [0.25, 0.3) is 0 Å². The van der Waals surface area contributed by atoms with Crippen LogP contribution < -0.4 is 5.32 Å². The molecule has 2 rings (SSSR count). The predicted octanol–water partition coefficient (Wildman–Crippen LogP) is 4.48. The lowest BCUT2D eigenvalue weighted by atomic mass is 9.97. The van der Waals surface area contributed by atoms with E-state index in [-0.39, 0.29) is 5.56 Å². The first-order valence-electron chi connectivity index (χ1n) is 8.34. The first kappa shape index (κ1) is 21.0. The molecule has 2 aromatic rings. The summed E-state index contributed by atoms with van der Waals surface area (Å²) in [7, 11) is 1.82. The molecule has 0 aliphatic rings. The number of alkyl halides is 4. The molecule has 148 valence electrons. The highest BCUT2D eigenvalue weighted by Gasteiger charge is 2.43. The Balaban J connectivity index is 2.31. The van der Waals surface area contributed by atoms with Crippen LogP contribution in [0.3, 0.4) is 0 Å². The highest BCUT2D eigenvalue weighted by Crippen LogP contribution is 2.35. The lowest BCUT2D eigenvalue weighted by molar-refractivity contribution is -0.164. The molecule has 0 aliphatic heterocycles. The van der Waals surface area contributed by atoms with Crippen LogP contribution in [-0.2, 0) is 11.8 Å². The number of rotatable bonds is 7. The summed E-state index contributed by atoms with van der Waals surface area (Å²) in [5.41, 5.74) is -0.501. The number of carboxylic acids is 1. The number of aliphatic carboxylic acids is 1. The summed E-state index contributed by atoms with van der Waals surface area (Å²) in [4.78, 5) is 11.3. The fourth-order valence-corrected chi connectivity index (χ4v) is 2.89. The van der Waals surface area contributed by atoms with E-state index in [2.05, 4.69) is 5.32 Å². The van der Waals surface area contributed by atoms with Crippen LogP contribution in [0.5, 0.6) is 0 Å². The van der Waals surface area contributed by atoms with E-state index < -0.39 is 36.3 Å². The Labute approximate surface area is 154 Å². The van der Waals surface area contributed by atoms with Gasteiger partial charge in [-0.25, -0.2) is 4.39 Å². The Kier molecular flexibility index (Phi) is 5.99. The van der Waals surface area contributed by atoms with Crippen molar-refractivity contribution in [3.8, 4) is 11.3 Å². The molecule has 2 N–H and O–H groups in total. The summed E-state index contributed by atoms with van der Waals surface area (Å²) in [5.74, 6) is -1.53. The minimum absolute atomic E-state index is 0.136. The number of carbonyl (C=O) groups is 1. The molecule has 0 saturated heterocycles. The van der Waals surface area contributed by atoms with Gasteiger partial charge in [0.05, 0.1) is 0 Å². The molecule has 0 amide bonds. The third-order valence-corrected chi connectivity index (χ3v) is 4.17. The van der Waals surface area contributed by atoms with Crippen LogP contribution in [0.4, 0.5) is 17.6 Å². The topological polar surface area (TPSA) is 54.3 Å². The van der Waals surface area contributed by atoms with Gasteiger partial charge in [-0.1, -0.05) is 24.3 Å². The Morgan fingerprint density at radius 1 is 1.15 bits per heavy atom. The maximum absolute atomic E-state index is 13.8. The number of aryl methyl sites for hydroxylation is 1. The summed E-state index contributed by atoms with van der Waals surface area (Å²) < 4.78 is 56.3. The van der Waals surface area contributed by atoms with Gasteiger partial charge >= 0.3 is 12.1 Å². The van der Waals surface area contributed by atoms with E-state index in [9.17, 15) is 27.5 Å². The Morgan fingerprint density at radius 2 is 1.74 bits per heavy atom. The number of aromatic nitrogens is 1. The van der Waals surface area contributed by atoms with Crippen molar-refractivity contribution < 1.29 is 27.5 Å². The van der Waals surface area contributed by atoms with E-state index in [0.29, 0.717) is 0 Å². The van der Waals surface area contributed by atoms with Gasteiger partial charge in [0.1, 0.15) is 17.8 Å². The molecule has 27 heavy (non-hydrogen) atoms. The van der Waals surface area contributed by atoms with Crippen LogP contribution in [0.25, 0.3) is 11.3 Å². The summed E-state index contributed by atoms with van der Waals surface area (Å²) >= 11 is 0. The molecule has 0 aliphatic carbocycles. The number of nitrogens with zero attached hydrogens (tertiary/aromatic N) is 1. The molecule has 1 heterocycles. The van der Waals surface area contributed by atoms with Crippen molar-refractivity contribution in [2.45, 2.75) is 44.2 Å². The SMILES string of the molecule is Cn1cccc1-c1ccc([C@H](NC(CC(C)(C)F)C(=O)O)C(F)(F)F)cc1. The largest absolute Gasteiger partial charge is 0.480 e. The minimum atomic E-state index is -4.74. The van der Waals surface area contributed by atoms with Crippen molar-refractivity contribution >= 4 is 5.97 Å². The average molecular weight is 386 g/mol. The van der Waals surface area contributed by atoms with Crippen molar-refractivity contribution in [2.75, 3.05) is 0 Å². The molecule has 2 atom stereocenters. The fraction of sp³-hybridized carbons (Fsp3) is 0.421. The third-order valence-electron chi connectivity index (χ3n) is 4.17. The predicted molar refractivity (Wildman–Crippen MR) is 94.0 cm³/mol. The second-order valence-electron chi connectivity index (χ2n) is 7.08. The highest BCUT2D eigenvalue weighted by atomic mass is 19.4. The van der Waals surface area contributed by atoms with Crippen LogP contribution in [0.2, 0.25) is 0 Å². The zero-order chi connectivity index (χ0) is 20.4. The number of halogens is 4. The van der Waals surface area contributed by atoms with Gasteiger partial charge in [0.15, 0.2) is 0 Å². The first-order valence-corrected chi connectivity index (χ1v) is 8.34. The van der Waals surface area contributed by atoms with Gasteiger partial charge in [0, 0.05) is 25.4 Å². The first-order chi connectivity index (χ1) is 12.4. The maximum Gasteiger partial charge on any atom is 0.407 e. The molecule has 0 saturated carbocycles. The molecule has 0 fully saturated rings. The fourth-order valence-electron chi connectivity index (χ4n) is 2.89. The smallest absolute Gasteiger partial charge is 0.407 e. The summed E-state index contributed by atoms with van der Waals surface area (Å²) in [6.07, 6.45) is -3.50. The van der Waals surface area contributed by atoms with Crippen molar-refractivity contribution in [2.24, 2.45) is 7.05 Å². The lowest BCUT2D eigenvalue weighted by Crippen LogP contribution is -2.47. The Hall–Kier alpha value is -2.35. The molecule has 4 nitrogen and oxygen atoms in total. The molecule has 0 bridgehead atoms. The zero-order valence-electron chi connectivity index (χ0n) is 15.2. The molecule has 1 unspecified atom stereocenters. The standard InChI is InChI=1S/C19H22F4N2O2/c1-18(2,20)11-14(17(26)27)24-16(19(21,22)23)13-8-6-12(7-9-13)15-5-4-10-25(15)3/h4-10,14,16,24H,11H2,1-3H3,(H,26,27)/t14?,16-/m0/s1. The van der Waals surface area contributed by atoms with Gasteiger partial charge in [0.2, 0.25) is 0 Å². The van der Waals surface area contributed by atoms with Crippen molar-refractivity contribution in [3.05, 3.63) is 48.2 Å². The highest BCUT2D eigenvalue weighted by molar-refractivity contribution is 5.73. The van der Waals surface area contributed by atoms with E-state index in [4.69, 9.17) is 0 Å². The number of nitrogens with one attached hydrogen (secondary N) is 1. The second-order valence-corrected chi connectivity index (χ2v) is 7.08. The van der Waals surface area contributed by atoms with Crippen LogP contribution in [0.15, 0.2) is 42.6 Å². The van der Waals surface area contributed by atoms with Gasteiger partial charge in [-0.05, 0) is 37.1 Å². The number of hydrogen-bond acceptors (Lipinski definition) is 2. The van der Waals surface area contributed by atoms with E-state index in [1.165, 1.54) is 12.1 Å². The lowest BCUT2D eigenvalue weighted by Gasteiger charge is -2.28. The average Bonchev–Trinajstić information content (AvgIpc) is 2.95. The number of carboxylic acid groups (broad SMARTS) is 1. The molecule has 0 radical (unpaired) electrons. The quantitative estimate of drug-likeness (QED) is 0.690. The van der Waals surface area contributed by atoms with Gasteiger partial charge in [-0.3, -0.25) is 10.1 Å². The number of hydrogen-bond donors (Lipinski definition) is 2. The summed E-state index contributed by atoms with van der Waals surface area (Å²) in [6.45, 7) is 2.25. The normalized spacial score (nSPS) is 14.8. The zero-order valence-corrected chi connectivity index (χ0v) is 15.2. The van der Waals surface area contributed by atoms with Crippen molar-refractivity contribution in [1.82, 2.24) is 9.88 Å². The molecule has 8 heteroatoms. The van der Waals surface area contributed by atoms with Gasteiger partial charge in [-0.2, -0.15) is 13.2 Å². The molecule has 1 aromatic heterocycles. The van der Waals surface area contributed by atoms with E-state index in [1.54, 1.807) is 12.1 Å². The second kappa shape index (κ2) is 7.72. The van der Waals surface area contributed by atoms with Crippen LogP contribution in [-0.4, -0.2) is 33.5 Å². The molecular weight excluding hydrogens is 364 g/mol. The summed E-state index contributed by atoms with van der Waals surface area (Å²) in [6, 6.07) is 5.44. The maximum atomic E-state index is 13.8. The summed E-state index contributed by atoms with van der Waals surface area (Å²) in [5, 5.41) is 11.3. The number of benzene rings is 1. The third kappa shape index (κ3) is 5.56. The van der Waals surface area contributed by atoms with Gasteiger partial charge < -0.3 is 9.67 Å². The van der Waals surface area contributed by atoms with E-state index in [1.807, 2.05) is 29.9 Å². The van der Waals surface area contributed by atoms with E-state index in [0.717, 1.165) is 25.1 Å². The minimum Gasteiger partial charge on any atom is -0.480 e. The Bertz CT molecular complexity index is 776. The molecule has 0 spiro atoms. The molecular formula is C19H22F4N2O2. The van der Waals surface area contributed by atoms with Gasteiger partial charge in [-0.15, -0.1) is 0 Å². The van der Waals surface area contributed by atoms with Crippen molar-refractivity contribution in [1.29, 1.82) is 0 Å². The van der Waals surface area contributed by atoms with E-state index >= 15 is 0 Å². The van der Waals surface area contributed by atoms with Crippen molar-refractivity contribution in [3.63, 3.8) is 0 Å². The Morgan fingerprint density at radius 3 is 2.15 bits per heavy atom. The monoisotopic (exact) mass is 386 g/mol. The van der Waals surface area contributed by atoms with Crippen LogP contribution in [0.1, 0.15) is 31.9 Å².